The zero-order valence-electron chi connectivity index (χ0n) is 13.0. The molecule has 0 fully saturated rings. The van der Waals surface area contributed by atoms with Gasteiger partial charge in [-0.3, -0.25) is 0 Å². The summed E-state index contributed by atoms with van der Waals surface area (Å²) in [6.45, 7) is 6.51. The van der Waals surface area contributed by atoms with Gasteiger partial charge in [-0.2, -0.15) is 0 Å². The topological polar surface area (TPSA) is 57.2 Å². The van der Waals surface area contributed by atoms with Crippen LogP contribution in [0.1, 0.15) is 0 Å². The predicted molar refractivity (Wildman–Crippen MR) is 84.7 cm³/mol. The molecule has 0 aliphatic heterocycles. The summed E-state index contributed by atoms with van der Waals surface area (Å²) in [5, 5.41) is 10.7. The summed E-state index contributed by atoms with van der Waals surface area (Å²) in [5.74, 6) is 0.989. The number of phenols is 1. The number of hydrogen-bond acceptors (Lipinski definition) is 5. The third-order valence-corrected chi connectivity index (χ3v) is 7.16. The van der Waals surface area contributed by atoms with Crippen molar-refractivity contribution >= 4 is 21.4 Å². The molecule has 114 valence electrons. The van der Waals surface area contributed by atoms with Crippen molar-refractivity contribution in [2.24, 2.45) is 0 Å². The molecule has 1 rings (SSSR count). The van der Waals surface area contributed by atoms with Gasteiger partial charge in [0.2, 0.25) is 0 Å². The van der Waals surface area contributed by atoms with Crippen molar-refractivity contribution in [3.63, 3.8) is 0 Å². The number of benzene rings is 1. The summed E-state index contributed by atoms with van der Waals surface area (Å²) in [5.41, 5.74) is 0. The Balaban J connectivity index is 2.98. The highest BCUT2D eigenvalue weighted by atomic mass is 31.2. The Hall–Kier alpha value is -0.653. The molecule has 0 heterocycles. The van der Waals surface area contributed by atoms with Gasteiger partial charge in [0, 0.05) is 34.7 Å². The number of rotatable bonds is 7. The van der Waals surface area contributed by atoms with Crippen LogP contribution in [-0.4, -0.2) is 61.5 Å². The van der Waals surface area contributed by atoms with Gasteiger partial charge < -0.3 is 23.1 Å². The average Bonchev–Trinajstić information content (AvgIpc) is 2.41. The van der Waals surface area contributed by atoms with Crippen LogP contribution in [0.2, 0.25) is 0 Å². The van der Waals surface area contributed by atoms with Gasteiger partial charge in [-0.25, -0.2) is 0 Å². The fraction of sp³-hybridized carbons (Fsp3) is 0.538. The lowest BCUT2D eigenvalue weighted by molar-refractivity contribution is 0.100. The minimum atomic E-state index is -2.77. The second-order valence-corrected chi connectivity index (χ2v) is 12.6. The van der Waals surface area contributed by atoms with Gasteiger partial charge in [0.25, 0.3) is 0 Å². The number of aromatic hydroxyl groups is 1. The molecule has 0 aromatic heterocycles. The molecule has 0 bridgehead atoms. The van der Waals surface area contributed by atoms with Crippen molar-refractivity contribution in [1.82, 2.24) is 0 Å². The third kappa shape index (κ3) is 4.17. The van der Waals surface area contributed by atoms with Gasteiger partial charge in [0.15, 0.2) is 12.0 Å². The maximum Gasteiger partial charge on any atom is 0.539 e. The Labute approximate surface area is 122 Å². The van der Waals surface area contributed by atoms with Crippen LogP contribution in [0.15, 0.2) is 18.2 Å². The summed E-state index contributed by atoms with van der Waals surface area (Å²) in [7, 11) is 0.558. The quantitative estimate of drug-likeness (QED) is 0.612. The molecule has 0 unspecified atom stereocenters. The van der Waals surface area contributed by atoms with E-state index < -0.39 is 16.1 Å². The van der Waals surface area contributed by atoms with E-state index in [1.54, 1.807) is 39.5 Å². The summed E-state index contributed by atoms with van der Waals surface area (Å²) in [6.07, 6.45) is 0.230. The first-order chi connectivity index (χ1) is 9.28. The average molecular weight is 319 g/mol. The van der Waals surface area contributed by atoms with E-state index in [1.807, 2.05) is 0 Å². The molecule has 0 aliphatic rings. The Morgan fingerprint density at radius 2 is 1.60 bits per heavy atom. The van der Waals surface area contributed by atoms with Crippen LogP contribution in [0, 0.1) is 0 Å². The molecule has 0 saturated carbocycles. The number of ether oxygens (including phenoxy) is 1. The smallest absolute Gasteiger partial charge is 0.508 e. The summed E-state index contributed by atoms with van der Waals surface area (Å²) in [4.78, 5) is 0. The van der Waals surface area contributed by atoms with Gasteiger partial charge in [0.1, 0.15) is 11.1 Å². The Morgan fingerprint density at radius 1 is 1.05 bits per heavy atom. The van der Waals surface area contributed by atoms with E-state index in [9.17, 15) is 5.11 Å². The maximum atomic E-state index is 9.66. The Bertz CT molecular complexity index is 435. The lowest BCUT2D eigenvalue weighted by atomic mass is 10.3. The SMILES string of the molecule is CO[Si](COc1ccc(O)cc1[P+](C)(C)C)(OC)OC. The fourth-order valence-corrected chi connectivity index (χ4v) is 4.25. The minimum absolute atomic E-state index is 0.230. The van der Waals surface area contributed by atoms with Crippen LogP contribution in [0.25, 0.3) is 0 Å². The van der Waals surface area contributed by atoms with Crippen molar-refractivity contribution in [1.29, 1.82) is 0 Å². The van der Waals surface area contributed by atoms with E-state index in [0.29, 0.717) is 0 Å². The summed E-state index contributed by atoms with van der Waals surface area (Å²) in [6, 6.07) is 5.15. The van der Waals surface area contributed by atoms with Crippen molar-refractivity contribution < 1.29 is 23.1 Å². The van der Waals surface area contributed by atoms with Gasteiger partial charge in [-0.05, 0) is 12.1 Å². The number of hydrogen-bond donors (Lipinski definition) is 1. The fourth-order valence-electron chi connectivity index (χ4n) is 1.74. The minimum Gasteiger partial charge on any atom is -0.508 e. The van der Waals surface area contributed by atoms with Gasteiger partial charge in [-0.15, -0.1) is 0 Å². The molecular weight excluding hydrogens is 295 g/mol. The molecule has 0 atom stereocenters. The van der Waals surface area contributed by atoms with E-state index >= 15 is 0 Å². The molecule has 1 aromatic rings. The third-order valence-electron chi connectivity index (χ3n) is 3.00. The molecule has 0 aliphatic carbocycles. The van der Waals surface area contributed by atoms with E-state index in [4.69, 9.17) is 18.0 Å². The number of phenolic OH excluding ortho intramolecular Hbond substituents is 1. The lowest BCUT2D eigenvalue weighted by Gasteiger charge is -2.25. The van der Waals surface area contributed by atoms with Crippen LogP contribution in [0.5, 0.6) is 11.5 Å². The van der Waals surface area contributed by atoms with Crippen LogP contribution in [0.3, 0.4) is 0 Å². The molecule has 7 heteroatoms. The van der Waals surface area contributed by atoms with Crippen molar-refractivity contribution in [2.45, 2.75) is 0 Å². The first kappa shape index (κ1) is 17.4. The monoisotopic (exact) mass is 319 g/mol. The van der Waals surface area contributed by atoms with E-state index in [2.05, 4.69) is 20.0 Å². The zero-order valence-corrected chi connectivity index (χ0v) is 14.9. The van der Waals surface area contributed by atoms with Crippen molar-refractivity contribution in [3.05, 3.63) is 18.2 Å². The first-order valence-electron chi connectivity index (χ1n) is 6.21. The molecular formula is C13H24O5PSi+. The zero-order chi connectivity index (χ0) is 15.4. The van der Waals surface area contributed by atoms with Crippen molar-refractivity contribution in [3.8, 4) is 11.5 Å². The molecule has 5 nitrogen and oxygen atoms in total. The predicted octanol–water partition coefficient (Wildman–Crippen LogP) is 1.72. The maximum absolute atomic E-state index is 9.66. The van der Waals surface area contributed by atoms with Crippen LogP contribution in [0.4, 0.5) is 0 Å². The first-order valence-corrected chi connectivity index (χ1v) is 11.3. The second-order valence-electron chi connectivity index (χ2n) is 5.25. The highest BCUT2D eigenvalue weighted by molar-refractivity contribution is 7.81. The van der Waals surface area contributed by atoms with Gasteiger partial charge in [0.05, 0.1) is 20.0 Å². The van der Waals surface area contributed by atoms with E-state index in [-0.39, 0.29) is 12.0 Å². The summed E-state index contributed by atoms with van der Waals surface area (Å²) >= 11 is 0. The van der Waals surface area contributed by atoms with Gasteiger partial charge >= 0.3 is 8.80 Å². The summed E-state index contributed by atoms with van der Waals surface area (Å²) < 4.78 is 21.9. The lowest BCUT2D eigenvalue weighted by Crippen LogP contribution is -2.49. The van der Waals surface area contributed by atoms with Crippen LogP contribution < -0.4 is 10.0 Å². The van der Waals surface area contributed by atoms with Gasteiger partial charge in [-0.1, -0.05) is 0 Å². The van der Waals surface area contributed by atoms with E-state index in [0.717, 1.165) is 11.1 Å². The Kier molecular flexibility index (Phi) is 5.98. The van der Waals surface area contributed by atoms with Crippen LogP contribution in [-0.2, 0) is 13.3 Å². The molecule has 0 saturated heterocycles. The largest absolute Gasteiger partial charge is 0.539 e. The molecule has 1 N–H and O–H groups in total. The van der Waals surface area contributed by atoms with Crippen molar-refractivity contribution in [2.75, 3.05) is 47.6 Å². The molecule has 0 spiro atoms. The highest BCUT2D eigenvalue weighted by Crippen LogP contribution is 2.48. The second kappa shape index (κ2) is 6.87. The molecule has 0 amide bonds. The van der Waals surface area contributed by atoms with Crippen LogP contribution >= 0.6 is 7.26 Å². The molecule has 20 heavy (non-hydrogen) atoms. The van der Waals surface area contributed by atoms with E-state index in [1.165, 1.54) is 0 Å². The normalized spacial score (nSPS) is 12.5. The molecule has 1 aromatic carbocycles. The standard InChI is InChI=1S/C13H23O5PSi/c1-15-20(16-2,17-3)10-18-12-8-7-11(14)9-13(12)19(4,5)6/h7-9H,10H2,1-6H3/p+1. The highest BCUT2D eigenvalue weighted by Gasteiger charge is 2.40. The molecule has 0 radical (unpaired) electrons. The Morgan fingerprint density at radius 3 is 2.05 bits per heavy atom.